The summed E-state index contributed by atoms with van der Waals surface area (Å²) >= 11 is 0. The normalized spacial score (nSPS) is 11.4. The van der Waals surface area contributed by atoms with E-state index in [9.17, 15) is 4.79 Å². The minimum atomic E-state index is -0.371. The van der Waals surface area contributed by atoms with Crippen LogP contribution in [0.5, 0.6) is 0 Å². The molecule has 0 radical (unpaired) electrons. The van der Waals surface area contributed by atoms with E-state index < -0.39 is 0 Å². The Morgan fingerprint density at radius 3 is 2.46 bits per heavy atom. The molecule has 5 rings (SSSR count). The molecular weight excluding hydrogens is 348 g/mol. The van der Waals surface area contributed by atoms with Gasteiger partial charge in [0.05, 0.1) is 16.7 Å². The molecule has 0 unspecified atom stereocenters. The number of anilines is 2. The lowest BCUT2D eigenvalue weighted by molar-refractivity contribution is 0.569. The SMILES string of the molecule is Cc1ccc2c(c1)oc(=O)c1c(N(C)c3ccccc3)c3ccccc3nc12. The maximum Gasteiger partial charge on any atom is 0.347 e. The number of fused-ring (bicyclic) bond motifs is 4. The Balaban J connectivity index is 1.99. The van der Waals surface area contributed by atoms with Gasteiger partial charge in [0.2, 0.25) is 0 Å². The second-order valence-corrected chi connectivity index (χ2v) is 6.98. The van der Waals surface area contributed by atoms with Crippen molar-refractivity contribution >= 4 is 44.1 Å². The van der Waals surface area contributed by atoms with Crippen molar-refractivity contribution in [3.05, 3.63) is 88.8 Å². The molecule has 0 N–H and O–H groups in total. The van der Waals surface area contributed by atoms with Gasteiger partial charge in [-0.2, -0.15) is 0 Å². The number of aromatic nitrogens is 1. The molecule has 3 aromatic carbocycles. The lowest BCUT2D eigenvalue weighted by Crippen LogP contribution is -2.14. The zero-order chi connectivity index (χ0) is 19.3. The summed E-state index contributed by atoms with van der Waals surface area (Å²) in [7, 11) is 1.97. The van der Waals surface area contributed by atoms with Crippen molar-refractivity contribution in [3.63, 3.8) is 0 Å². The molecule has 0 spiro atoms. The van der Waals surface area contributed by atoms with Crippen LogP contribution in [0.15, 0.2) is 82.0 Å². The molecule has 0 aliphatic rings. The highest BCUT2D eigenvalue weighted by atomic mass is 16.4. The van der Waals surface area contributed by atoms with E-state index in [4.69, 9.17) is 9.40 Å². The number of hydrogen-bond acceptors (Lipinski definition) is 4. The van der Waals surface area contributed by atoms with E-state index in [0.29, 0.717) is 16.5 Å². The van der Waals surface area contributed by atoms with Gasteiger partial charge >= 0.3 is 5.63 Å². The number of para-hydroxylation sites is 2. The van der Waals surface area contributed by atoms with Gasteiger partial charge in [-0.3, -0.25) is 0 Å². The molecule has 0 fully saturated rings. The molecule has 4 nitrogen and oxygen atoms in total. The van der Waals surface area contributed by atoms with Crippen LogP contribution < -0.4 is 10.5 Å². The van der Waals surface area contributed by atoms with Crippen LogP contribution in [0.4, 0.5) is 11.4 Å². The van der Waals surface area contributed by atoms with Gasteiger partial charge in [-0.05, 0) is 42.8 Å². The highest BCUT2D eigenvalue weighted by Crippen LogP contribution is 2.37. The molecule has 0 amide bonds. The zero-order valence-corrected chi connectivity index (χ0v) is 15.6. The van der Waals surface area contributed by atoms with E-state index in [-0.39, 0.29) is 5.63 Å². The Morgan fingerprint density at radius 1 is 0.893 bits per heavy atom. The second-order valence-electron chi connectivity index (χ2n) is 6.98. The van der Waals surface area contributed by atoms with E-state index >= 15 is 0 Å². The summed E-state index contributed by atoms with van der Waals surface area (Å²) in [6, 6.07) is 23.8. The fourth-order valence-corrected chi connectivity index (χ4v) is 3.77. The zero-order valence-electron chi connectivity index (χ0n) is 15.6. The Kier molecular flexibility index (Phi) is 3.66. The first-order valence-corrected chi connectivity index (χ1v) is 9.18. The third kappa shape index (κ3) is 2.46. The summed E-state index contributed by atoms with van der Waals surface area (Å²) in [5, 5.41) is 2.26. The van der Waals surface area contributed by atoms with Crippen LogP contribution >= 0.6 is 0 Å². The van der Waals surface area contributed by atoms with Gasteiger partial charge in [0.1, 0.15) is 11.0 Å². The molecule has 0 aliphatic carbocycles. The molecule has 2 aromatic heterocycles. The van der Waals surface area contributed by atoms with Crippen LogP contribution in [0.25, 0.3) is 32.8 Å². The average Bonchev–Trinajstić information content (AvgIpc) is 2.72. The first-order chi connectivity index (χ1) is 13.6. The van der Waals surface area contributed by atoms with Crippen LogP contribution in [-0.2, 0) is 0 Å². The van der Waals surface area contributed by atoms with Crippen LogP contribution in [-0.4, -0.2) is 12.0 Å². The second kappa shape index (κ2) is 6.20. The first kappa shape index (κ1) is 16.5. The Hall–Kier alpha value is -3.66. The summed E-state index contributed by atoms with van der Waals surface area (Å²) in [5.41, 5.74) is 4.55. The molecule has 28 heavy (non-hydrogen) atoms. The molecule has 0 saturated heterocycles. The average molecular weight is 366 g/mol. The summed E-state index contributed by atoms with van der Waals surface area (Å²) in [6.07, 6.45) is 0. The van der Waals surface area contributed by atoms with Crippen LogP contribution in [0, 0.1) is 6.92 Å². The van der Waals surface area contributed by atoms with Crippen molar-refractivity contribution in [1.82, 2.24) is 4.98 Å². The summed E-state index contributed by atoms with van der Waals surface area (Å²) in [5.74, 6) is 0. The standard InChI is InChI=1S/C24H18N2O2/c1-15-12-13-18-20(14-15)28-24(27)21-22(18)25-19-11-7-6-10-17(19)23(21)26(2)16-8-4-3-5-9-16/h3-14H,1-2H3. The van der Waals surface area contributed by atoms with Crippen molar-refractivity contribution in [1.29, 1.82) is 0 Å². The van der Waals surface area contributed by atoms with Crippen molar-refractivity contribution < 1.29 is 4.42 Å². The van der Waals surface area contributed by atoms with E-state index in [1.165, 1.54) is 0 Å². The van der Waals surface area contributed by atoms with E-state index in [2.05, 4.69) is 0 Å². The Bertz CT molecular complexity index is 1410. The molecule has 0 bridgehead atoms. The molecule has 2 heterocycles. The molecule has 136 valence electrons. The van der Waals surface area contributed by atoms with Gasteiger partial charge in [0.25, 0.3) is 0 Å². The number of aryl methyl sites for hydroxylation is 1. The highest BCUT2D eigenvalue weighted by molar-refractivity contribution is 6.15. The first-order valence-electron chi connectivity index (χ1n) is 9.18. The predicted molar refractivity (Wildman–Crippen MR) is 115 cm³/mol. The number of nitrogens with zero attached hydrogens (tertiary/aromatic N) is 2. The van der Waals surface area contributed by atoms with Crippen molar-refractivity contribution in [2.45, 2.75) is 6.92 Å². The van der Waals surface area contributed by atoms with Gasteiger partial charge in [0.15, 0.2) is 0 Å². The monoisotopic (exact) mass is 366 g/mol. The topological polar surface area (TPSA) is 46.3 Å². The summed E-state index contributed by atoms with van der Waals surface area (Å²) in [6.45, 7) is 1.98. The van der Waals surface area contributed by atoms with E-state index in [1.54, 1.807) is 0 Å². The third-order valence-electron chi connectivity index (χ3n) is 5.14. The molecule has 4 heteroatoms. The largest absolute Gasteiger partial charge is 0.422 e. The third-order valence-corrected chi connectivity index (χ3v) is 5.14. The summed E-state index contributed by atoms with van der Waals surface area (Å²) < 4.78 is 5.71. The Morgan fingerprint density at radius 2 is 1.64 bits per heavy atom. The fraction of sp³-hybridized carbons (Fsp3) is 0.0833. The number of benzene rings is 3. The van der Waals surface area contributed by atoms with Crippen LogP contribution in [0.2, 0.25) is 0 Å². The van der Waals surface area contributed by atoms with E-state index in [1.807, 2.05) is 91.7 Å². The van der Waals surface area contributed by atoms with Crippen LogP contribution in [0.1, 0.15) is 5.56 Å². The lowest BCUT2D eigenvalue weighted by atomic mass is 10.0. The summed E-state index contributed by atoms with van der Waals surface area (Å²) in [4.78, 5) is 19.9. The van der Waals surface area contributed by atoms with E-state index in [0.717, 1.165) is 33.2 Å². The van der Waals surface area contributed by atoms with Crippen molar-refractivity contribution in [2.24, 2.45) is 0 Å². The van der Waals surface area contributed by atoms with Gasteiger partial charge in [-0.15, -0.1) is 0 Å². The minimum absolute atomic E-state index is 0.371. The molecular formula is C24H18N2O2. The van der Waals surface area contributed by atoms with Gasteiger partial charge in [0, 0.05) is 23.5 Å². The smallest absolute Gasteiger partial charge is 0.347 e. The number of pyridine rings is 1. The van der Waals surface area contributed by atoms with Gasteiger partial charge < -0.3 is 9.32 Å². The van der Waals surface area contributed by atoms with Gasteiger partial charge in [-0.25, -0.2) is 9.78 Å². The van der Waals surface area contributed by atoms with Crippen molar-refractivity contribution in [3.8, 4) is 0 Å². The van der Waals surface area contributed by atoms with Crippen molar-refractivity contribution in [2.75, 3.05) is 11.9 Å². The van der Waals surface area contributed by atoms with Crippen LogP contribution in [0.3, 0.4) is 0 Å². The fourth-order valence-electron chi connectivity index (χ4n) is 3.77. The molecule has 0 aliphatic heterocycles. The molecule has 0 atom stereocenters. The number of rotatable bonds is 2. The maximum absolute atomic E-state index is 13.1. The lowest BCUT2D eigenvalue weighted by Gasteiger charge is -2.23. The molecule has 0 saturated carbocycles. The Labute approximate surface area is 161 Å². The molecule has 5 aromatic rings. The predicted octanol–water partition coefficient (Wildman–Crippen LogP) is 5.57. The van der Waals surface area contributed by atoms with Gasteiger partial charge in [-0.1, -0.05) is 42.5 Å². The maximum atomic E-state index is 13.1. The minimum Gasteiger partial charge on any atom is -0.422 e. The number of hydrogen-bond donors (Lipinski definition) is 0. The highest BCUT2D eigenvalue weighted by Gasteiger charge is 2.20. The quantitative estimate of drug-likeness (QED) is 0.233.